The Morgan fingerprint density at radius 2 is 2.00 bits per heavy atom. The molecule has 1 aliphatic rings. The van der Waals surface area contributed by atoms with Gasteiger partial charge in [0.05, 0.1) is 10.0 Å². The van der Waals surface area contributed by atoms with Gasteiger partial charge in [-0.2, -0.15) is 0 Å². The Morgan fingerprint density at radius 3 is 2.53 bits per heavy atom. The summed E-state index contributed by atoms with van der Waals surface area (Å²) in [6.45, 7) is -0.0889. The molecule has 1 N–H and O–H groups in total. The van der Waals surface area contributed by atoms with Gasteiger partial charge < -0.3 is 9.84 Å². The zero-order chi connectivity index (χ0) is 11.0. The predicted octanol–water partition coefficient (Wildman–Crippen LogP) is 2.82. The van der Waals surface area contributed by atoms with E-state index < -0.39 is 5.97 Å². The Bertz CT molecular complexity index is 466. The van der Waals surface area contributed by atoms with Crippen molar-refractivity contribution in [2.45, 2.75) is 0 Å². The number of aliphatic hydroxyl groups is 1. The average molecular weight is 245 g/mol. The summed E-state index contributed by atoms with van der Waals surface area (Å²) in [4.78, 5) is 11.3. The molecular formula is C10H6Cl2O3. The van der Waals surface area contributed by atoms with Crippen LogP contribution in [-0.4, -0.2) is 17.7 Å². The summed E-state index contributed by atoms with van der Waals surface area (Å²) >= 11 is 11.5. The van der Waals surface area contributed by atoms with Crippen LogP contribution in [0.1, 0.15) is 5.56 Å². The molecule has 0 fully saturated rings. The number of carbonyl (C=O) groups is 1. The SMILES string of the molecule is O=C1OCC(O)=C1c1ccc(Cl)c(Cl)c1. The molecule has 0 saturated heterocycles. The molecule has 0 amide bonds. The third-order valence-corrected chi connectivity index (χ3v) is 2.78. The average Bonchev–Trinajstić information content (AvgIpc) is 2.52. The first-order valence-corrected chi connectivity index (χ1v) is 4.90. The molecule has 0 saturated carbocycles. The van der Waals surface area contributed by atoms with E-state index in [2.05, 4.69) is 4.74 Å². The summed E-state index contributed by atoms with van der Waals surface area (Å²) in [5.41, 5.74) is 0.651. The number of carbonyl (C=O) groups excluding carboxylic acids is 1. The standard InChI is InChI=1S/C10H6Cl2O3/c11-6-2-1-5(3-7(6)12)9-8(13)4-15-10(9)14/h1-3,13H,4H2. The number of aliphatic hydroxyl groups excluding tert-OH is 1. The molecule has 1 aromatic rings. The quantitative estimate of drug-likeness (QED) is 0.774. The van der Waals surface area contributed by atoms with Crippen LogP contribution < -0.4 is 0 Å². The number of ether oxygens (including phenoxy) is 1. The highest BCUT2D eigenvalue weighted by atomic mass is 35.5. The molecule has 0 atom stereocenters. The van der Waals surface area contributed by atoms with Crippen LogP contribution in [0.4, 0.5) is 0 Å². The first-order valence-electron chi connectivity index (χ1n) is 4.14. The fourth-order valence-electron chi connectivity index (χ4n) is 1.33. The highest BCUT2D eigenvalue weighted by Gasteiger charge is 2.26. The van der Waals surface area contributed by atoms with Gasteiger partial charge in [-0.3, -0.25) is 0 Å². The van der Waals surface area contributed by atoms with E-state index in [0.717, 1.165) is 0 Å². The zero-order valence-electron chi connectivity index (χ0n) is 7.46. The summed E-state index contributed by atoms with van der Waals surface area (Å²) < 4.78 is 4.66. The number of hydrogen-bond acceptors (Lipinski definition) is 3. The third kappa shape index (κ3) is 1.80. The smallest absolute Gasteiger partial charge is 0.342 e. The Morgan fingerprint density at radius 1 is 1.27 bits per heavy atom. The van der Waals surface area contributed by atoms with Gasteiger partial charge in [0.15, 0.2) is 0 Å². The Labute approximate surface area is 95.9 Å². The Hall–Kier alpha value is -1.19. The molecule has 5 heteroatoms. The lowest BCUT2D eigenvalue weighted by molar-refractivity contribution is -0.134. The van der Waals surface area contributed by atoms with Gasteiger partial charge in [-0.05, 0) is 17.7 Å². The molecule has 0 bridgehead atoms. The fourth-order valence-corrected chi connectivity index (χ4v) is 1.63. The molecule has 1 aliphatic heterocycles. The summed E-state index contributed by atoms with van der Waals surface area (Å²) in [5, 5.41) is 10.2. The first-order chi connectivity index (χ1) is 7.09. The van der Waals surface area contributed by atoms with Crippen LogP contribution in [-0.2, 0) is 9.53 Å². The lowest BCUT2D eigenvalue weighted by Crippen LogP contribution is -1.98. The van der Waals surface area contributed by atoms with Crippen molar-refractivity contribution < 1.29 is 14.6 Å². The minimum absolute atomic E-state index is 0.0848. The van der Waals surface area contributed by atoms with Gasteiger partial charge in [0.2, 0.25) is 0 Å². The second-order valence-corrected chi connectivity index (χ2v) is 3.84. The van der Waals surface area contributed by atoms with Gasteiger partial charge in [0.1, 0.15) is 17.9 Å². The van der Waals surface area contributed by atoms with Crippen LogP contribution in [0.3, 0.4) is 0 Å². The summed E-state index contributed by atoms with van der Waals surface area (Å²) in [6.07, 6.45) is 0. The van der Waals surface area contributed by atoms with Gasteiger partial charge in [0.25, 0.3) is 0 Å². The molecule has 2 rings (SSSR count). The van der Waals surface area contributed by atoms with E-state index in [9.17, 15) is 9.90 Å². The normalized spacial score (nSPS) is 15.7. The summed E-state index contributed by atoms with van der Waals surface area (Å²) in [6, 6.07) is 4.68. The number of benzene rings is 1. The van der Waals surface area contributed by atoms with E-state index in [4.69, 9.17) is 23.2 Å². The van der Waals surface area contributed by atoms with Crippen molar-refractivity contribution in [3.63, 3.8) is 0 Å². The maximum Gasteiger partial charge on any atom is 0.342 e. The van der Waals surface area contributed by atoms with Crippen molar-refractivity contribution in [3.05, 3.63) is 39.6 Å². The highest BCUT2D eigenvalue weighted by Crippen LogP contribution is 2.30. The molecule has 3 nitrogen and oxygen atoms in total. The van der Waals surface area contributed by atoms with Crippen molar-refractivity contribution in [3.8, 4) is 0 Å². The lowest BCUT2D eigenvalue weighted by atomic mass is 10.1. The van der Waals surface area contributed by atoms with Crippen molar-refractivity contribution >= 4 is 34.7 Å². The topological polar surface area (TPSA) is 46.5 Å². The number of halogens is 2. The van der Waals surface area contributed by atoms with Crippen LogP contribution in [0.15, 0.2) is 24.0 Å². The highest BCUT2D eigenvalue weighted by molar-refractivity contribution is 6.42. The van der Waals surface area contributed by atoms with Crippen LogP contribution in [0, 0.1) is 0 Å². The van der Waals surface area contributed by atoms with E-state index in [1.54, 1.807) is 12.1 Å². The van der Waals surface area contributed by atoms with Crippen LogP contribution in [0.5, 0.6) is 0 Å². The monoisotopic (exact) mass is 244 g/mol. The maximum atomic E-state index is 11.3. The minimum Gasteiger partial charge on any atom is -0.508 e. The molecule has 0 spiro atoms. The van der Waals surface area contributed by atoms with E-state index in [1.807, 2.05) is 0 Å². The van der Waals surface area contributed by atoms with Gasteiger partial charge in [0, 0.05) is 0 Å². The molecule has 0 unspecified atom stereocenters. The molecule has 15 heavy (non-hydrogen) atoms. The van der Waals surface area contributed by atoms with Gasteiger partial charge in [-0.15, -0.1) is 0 Å². The van der Waals surface area contributed by atoms with Crippen molar-refractivity contribution in [2.24, 2.45) is 0 Å². The predicted molar refractivity (Wildman–Crippen MR) is 57.0 cm³/mol. The minimum atomic E-state index is -0.550. The van der Waals surface area contributed by atoms with Crippen LogP contribution in [0.2, 0.25) is 10.0 Å². The van der Waals surface area contributed by atoms with Gasteiger partial charge in [-0.1, -0.05) is 29.3 Å². The number of cyclic esters (lactones) is 1. The third-order valence-electron chi connectivity index (χ3n) is 2.04. The maximum absolute atomic E-state index is 11.3. The van der Waals surface area contributed by atoms with Crippen molar-refractivity contribution in [2.75, 3.05) is 6.61 Å². The van der Waals surface area contributed by atoms with E-state index in [-0.39, 0.29) is 17.9 Å². The summed E-state index contributed by atoms with van der Waals surface area (Å²) in [5.74, 6) is -0.635. The zero-order valence-corrected chi connectivity index (χ0v) is 8.97. The largest absolute Gasteiger partial charge is 0.508 e. The fraction of sp³-hybridized carbons (Fsp3) is 0.100. The van der Waals surface area contributed by atoms with Crippen molar-refractivity contribution in [1.82, 2.24) is 0 Å². The van der Waals surface area contributed by atoms with Crippen molar-refractivity contribution in [1.29, 1.82) is 0 Å². The van der Waals surface area contributed by atoms with E-state index in [1.165, 1.54) is 6.07 Å². The van der Waals surface area contributed by atoms with E-state index >= 15 is 0 Å². The molecule has 0 aromatic heterocycles. The Balaban J connectivity index is 2.50. The molecular weight excluding hydrogens is 239 g/mol. The molecule has 1 heterocycles. The molecule has 0 aliphatic carbocycles. The van der Waals surface area contributed by atoms with Crippen LogP contribution in [0.25, 0.3) is 5.57 Å². The second kappa shape index (κ2) is 3.76. The summed E-state index contributed by atoms with van der Waals surface area (Å²) in [7, 11) is 0. The molecule has 0 radical (unpaired) electrons. The molecule has 1 aromatic carbocycles. The van der Waals surface area contributed by atoms with Crippen LogP contribution >= 0.6 is 23.2 Å². The first kappa shape index (κ1) is 10.3. The van der Waals surface area contributed by atoms with Gasteiger partial charge in [-0.25, -0.2) is 4.79 Å². The second-order valence-electron chi connectivity index (χ2n) is 3.03. The number of esters is 1. The van der Waals surface area contributed by atoms with E-state index in [0.29, 0.717) is 15.6 Å². The van der Waals surface area contributed by atoms with Gasteiger partial charge >= 0.3 is 5.97 Å². The molecule has 78 valence electrons. The number of rotatable bonds is 1. The number of hydrogen-bond donors (Lipinski definition) is 1. The lowest BCUT2D eigenvalue weighted by Gasteiger charge is -2.01. The Kier molecular flexibility index (Phi) is 2.59.